The van der Waals surface area contributed by atoms with Crippen LogP contribution in [0.4, 0.5) is 5.69 Å². The van der Waals surface area contributed by atoms with Crippen molar-refractivity contribution in [1.29, 1.82) is 5.41 Å². The summed E-state index contributed by atoms with van der Waals surface area (Å²) in [7, 11) is 0. The summed E-state index contributed by atoms with van der Waals surface area (Å²) in [5.41, 5.74) is 7.76. The second kappa shape index (κ2) is 11.5. The summed E-state index contributed by atoms with van der Waals surface area (Å²) in [5.74, 6) is -1.81. The molecule has 0 aromatic heterocycles. The Balaban J connectivity index is 1.70. The lowest BCUT2D eigenvalue weighted by molar-refractivity contribution is -0.129. The van der Waals surface area contributed by atoms with E-state index in [-0.39, 0.29) is 28.4 Å². The van der Waals surface area contributed by atoms with Gasteiger partial charge in [-0.05, 0) is 73.1 Å². The number of hydrogen-bond donors (Lipinski definition) is 5. The molecule has 38 heavy (non-hydrogen) atoms. The number of allylic oxidation sites excluding steroid dienone is 2. The van der Waals surface area contributed by atoms with E-state index in [1.807, 2.05) is 0 Å². The number of carbonyl (C=O) groups excluding carboxylic acids is 2. The average Bonchev–Trinajstić information content (AvgIpc) is 3.72. The number of benzene rings is 2. The molecule has 9 heteroatoms. The molecule has 1 aliphatic heterocycles. The number of amidine groups is 1. The Morgan fingerprint density at radius 3 is 2.42 bits per heavy atom. The number of carboxylic acids is 1. The highest BCUT2D eigenvalue weighted by Gasteiger charge is 2.26. The minimum atomic E-state index is -1.31. The fourth-order valence-corrected chi connectivity index (χ4v) is 4.01. The van der Waals surface area contributed by atoms with Crippen molar-refractivity contribution in [3.63, 3.8) is 0 Å². The minimum absolute atomic E-state index is 0.0490. The van der Waals surface area contributed by atoms with Crippen molar-refractivity contribution in [1.82, 2.24) is 5.32 Å². The number of amides is 2. The highest BCUT2D eigenvalue weighted by atomic mass is 16.4. The molecule has 1 heterocycles. The van der Waals surface area contributed by atoms with Gasteiger partial charge in [-0.3, -0.25) is 15.0 Å². The van der Waals surface area contributed by atoms with E-state index in [2.05, 4.69) is 22.2 Å². The number of carbonyl (C=O) groups is 3. The first-order valence-corrected chi connectivity index (χ1v) is 12.3. The molecule has 2 aliphatic rings. The van der Waals surface area contributed by atoms with Crippen LogP contribution < -0.4 is 16.4 Å². The van der Waals surface area contributed by atoms with Gasteiger partial charge in [-0.1, -0.05) is 36.9 Å². The molecule has 0 radical (unpaired) electrons. The van der Waals surface area contributed by atoms with Crippen molar-refractivity contribution in [2.45, 2.75) is 25.7 Å². The zero-order chi connectivity index (χ0) is 27.2. The Kier molecular flexibility index (Phi) is 7.96. The number of aliphatic imine (C=N–C) groups is 1. The van der Waals surface area contributed by atoms with Gasteiger partial charge in [0.25, 0.3) is 11.8 Å². The van der Waals surface area contributed by atoms with Crippen molar-refractivity contribution in [2.24, 2.45) is 16.6 Å². The van der Waals surface area contributed by atoms with Crippen LogP contribution in [-0.4, -0.2) is 41.0 Å². The molecule has 2 aromatic rings. The molecule has 0 unspecified atom stereocenters. The Morgan fingerprint density at radius 2 is 1.79 bits per heavy atom. The molecule has 6 N–H and O–H groups in total. The molecule has 0 atom stereocenters. The van der Waals surface area contributed by atoms with Gasteiger partial charge in [0.1, 0.15) is 11.5 Å². The van der Waals surface area contributed by atoms with E-state index in [9.17, 15) is 19.5 Å². The van der Waals surface area contributed by atoms with Gasteiger partial charge in [-0.15, -0.1) is 0 Å². The average molecular weight is 512 g/mol. The van der Waals surface area contributed by atoms with Crippen molar-refractivity contribution < 1.29 is 19.5 Å². The fourth-order valence-electron chi connectivity index (χ4n) is 4.01. The summed E-state index contributed by atoms with van der Waals surface area (Å²) in [6.45, 7) is 4.31. The highest BCUT2D eigenvalue weighted by Crippen LogP contribution is 2.29. The van der Waals surface area contributed by atoms with Crippen LogP contribution in [0.5, 0.6) is 0 Å². The monoisotopic (exact) mass is 511 g/mol. The fraction of sp³-hybridized carbons (Fsp3) is 0.207. The molecule has 0 bridgehead atoms. The van der Waals surface area contributed by atoms with Crippen LogP contribution in [0.15, 0.2) is 71.9 Å². The Labute approximate surface area is 220 Å². The minimum Gasteiger partial charge on any atom is -0.476 e. The summed E-state index contributed by atoms with van der Waals surface area (Å²) >= 11 is 0. The first kappa shape index (κ1) is 26.3. The third-order valence-corrected chi connectivity index (χ3v) is 6.29. The van der Waals surface area contributed by atoms with Gasteiger partial charge in [0.15, 0.2) is 5.71 Å². The number of carboxylic acid groups (broad SMARTS) is 1. The zero-order valence-corrected chi connectivity index (χ0v) is 20.8. The van der Waals surface area contributed by atoms with Crippen LogP contribution in [0.3, 0.4) is 0 Å². The van der Waals surface area contributed by atoms with Gasteiger partial charge < -0.3 is 21.5 Å². The maximum Gasteiger partial charge on any atom is 0.355 e. The quantitative estimate of drug-likeness (QED) is 0.254. The molecule has 2 amide bonds. The largest absolute Gasteiger partial charge is 0.476 e. The van der Waals surface area contributed by atoms with Gasteiger partial charge in [-0.2, -0.15) is 0 Å². The van der Waals surface area contributed by atoms with Crippen LogP contribution in [0.1, 0.15) is 52.7 Å². The number of hydrogen-bond acceptors (Lipinski definition) is 5. The topological polar surface area (TPSA) is 158 Å². The number of nitrogens with two attached hydrogens (primary N) is 1. The summed E-state index contributed by atoms with van der Waals surface area (Å²) < 4.78 is 0. The highest BCUT2D eigenvalue weighted by molar-refractivity contribution is 6.54. The number of anilines is 1. The van der Waals surface area contributed by atoms with Crippen molar-refractivity contribution in [3.8, 4) is 0 Å². The molecular formula is C29H29N5O4. The summed E-state index contributed by atoms with van der Waals surface area (Å²) in [5, 5.41) is 23.3. The zero-order valence-electron chi connectivity index (χ0n) is 20.8. The van der Waals surface area contributed by atoms with Gasteiger partial charge in [0.05, 0.1) is 0 Å². The van der Waals surface area contributed by atoms with E-state index in [0.29, 0.717) is 47.7 Å². The van der Waals surface area contributed by atoms with Crippen LogP contribution in [0, 0.1) is 11.3 Å². The number of nitrogen functional groups attached to an aromatic ring is 1. The Bertz CT molecular complexity index is 1400. The lowest BCUT2D eigenvalue weighted by atomic mass is 9.92. The van der Waals surface area contributed by atoms with E-state index < -0.39 is 17.8 Å². The number of rotatable bonds is 9. The second-order valence-electron chi connectivity index (χ2n) is 9.16. The van der Waals surface area contributed by atoms with Crippen molar-refractivity contribution >= 4 is 46.7 Å². The third kappa shape index (κ3) is 6.31. The van der Waals surface area contributed by atoms with Crippen LogP contribution >= 0.6 is 0 Å². The SMILES string of the molecule is C=Cc1ccc(C2=CCC/C=C(\C(=O)NCC3CC3)N=C2C(=O)O)c(C(=O)Nc2ccc(C(=N)N)cc2)c1. The number of nitrogens with one attached hydrogen (secondary N) is 3. The Hall–Kier alpha value is -4.79. The molecule has 1 fully saturated rings. The molecule has 1 saturated carbocycles. The molecule has 0 saturated heterocycles. The van der Waals surface area contributed by atoms with E-state index in [4.69, 9.17) is 11.1 Å². The third-order valence-electron chi connectivity index (χ3n) is 6.29. The van der Waals surface area contributed by atoms with Gasteiger partial charge in [0, 0.05) is 28.9 Å². The molecule has 1 aliphatic carbocycles. The predicted molar refractivity (Wildman–Crippen MR) is 148 cm³/mol. The van der Waals surface area contributed by atoms with Gasteiger partial charge >= 0.3 is 5.97 Å². The van der Waals surface area contributed by atoms with Crippen LogP contribution in [0.2, 0.25) is 0 Å². The van der Waals surface area contributed by atoms with Gasteiger partial charge in [-0.25, -0.2) is 9.79 Å². The second-order valence-corrected chi connectivity index (χ2v) is 9.16. The maximum absolute atomic E-state index is 13.4. The van der Waals surface area contributed by atoms with Crippen LogP contribution in [-0.2, 0) is 9.59 Å². The maximum atomic E-state index is 13.4. The smallest absolute Gasteiger partial charge is 0.355 e. The van der Waals surface area contributed by atoms with Gasteiger partial charge in [0.2, 0.25) is 0 Å². The van der Waals surface area contributed by atoms with Crippen LogP contribution in [0.25, 0.3) is 11.6 Å². The molecular weight excluding hydrogens is 482 g/mol. The normalized spacial score (nSPS) is 16.5. The van der Waals surface area contributed by atoms with Crippen molar-refractivity contribution in [2.75, 3.05) is 11.9 Å². The molecule has 194 valence electrons. The van der Waals surface area contributed by atoms with Crippen molar-refractivity contribution in [3.05, 3.63) is 89.1 Å². The van der Waals surface area contributed by atoms with E-state index in [1.165, 1.54) is 0 Å². The number of aliphatic carboxylic acids is 1. The number of nitrogens with zero attached hydrogens (tertiary/aromatic N) is 1. The summed E-state index contributed by atoms with van der Waals surface area (Å²) in [6.07, 6.45) is 8.04. The summed E-state index contributed by atoms with van der Waals surface area (Å²) in [6, 6.07) is 11.5. The standard InChI is InChI=1S/C29H29N5O4/c1-2-17-9-14-21(23(15-17)27(35)33-20-12-10-19(11-13-20)26(30)31)22-5-3-4-6-24(34-25(22)29(37)38)28(36)32-16-18-7-8-18/h2,5-6,9-15,18H,1,3-4,7-8,16H2,(H3,30,31)(H,32,36)(H,33,35)(H,37,38)/b22-5?,24-6+,34-25?. The lowest BCUT2D eigenvalue weighted by Crippen LogP contribution is -2.28. The van der Waals surface area contributed by atoms with E-state index >= 15 is 0 Å². The predicted octanol–water partition coefficient (Wildman–Crippen LogP) is 3.98. The molecule has 2 aromatic carbocycles. The Morgan fingerprint density at radius 1 is 1.08 bits per heavy atom. The lowest BCUT2D eigenvalue weighted by Gasteiger charge is -2.17. The van der Waals surface area contributed by atoms with E-state index in [0.717, 1.165) is 12.8 Å². The summed E-state index contributed by atoms with van der Waals surface area (Å²) in [4.78, 5) is 42.8. The first-order valence-electron chi connectivity index (χ1n) is 12.3. The molecule has 4 rings (SSSR count). The molecule has 0 spiro atoms. The first-order chi connectivity index (χ1) is 18.3. The van der Waals surface area contributed by atoms with E-state index in [1.54, 1.807) is 60.7 Å². The molecule has 9 nitrogen and oxygen atoms in total.